The summed E-state index contributed by atoms with van der Waals surface area (Å²) in [6.07, 6.45) is 1.14. The lowest BCUT2D eigenvalue weighted by molar-refractivity contribution is 0.0696. The van der Waals surface area contributed by atoms with E-state index in [1.165, 1.54) is 6.07 Å². The number of nitrogens with zero attached hydrogens (tertiary/aromatic N) is 2. The molecular weight excluding hydrogens is 356 g/mol. The molecule has 0 amide bonds. The highest BCUT2D eigenvalue weighted by molar-refractivity contribution is 7.92. The van der Waals surface area contributed by atoms with Gasteiger partial charge in [-0.2, -0.15) is 0 Å². The summed E-state index contributed by atoms with van der Waals surface area (Å²) in [6.45, 7) is 0.236. The Bertz CT molecular complexity index is 883. The second kappa shape index (κ2) is 6.29. The summed E-state index contributed by atoms with van der Waals surface area (Å²) in [5, 5.41) is 9.59. The van der Waals surface area contributed by atoms with Gasteiger partial charge in [-0.05, 0) is 23.8 Å². The van der Waals surface area contributed by atoms with Crippen molar-refractivity contribution in [2.45, 2.75) is 5.75 Å². The van der Waals surface area contributed by atoms with Crippen molar-refractivity contribution in [2.24, 2.45) is 0 Å². The largest absolute Gasteiger partial charge is 0.478 e. The first-order valence-electron chi connectivity index (χ1n) is 6.98. The van der Waals surface area contributed by atoms with Gasteiger partial charge >= 0.3 is 5.97 Å². The van der Waals surface area contributed by atoms with E-state index in [2.05, 4.69) is 4.98 Å². The van der Waals surface area contributed by atoms with Gasteiger partial charge in [0.1, 0.15) is 12.3 Å². The third-order valence-electron chi connectivity index (χ3n) is 3.48. The second-order valence-electron chi connectivity index (χ2n) is 5.16. The second-order valence-corrected chi connectivity index (χ2v) is 7.49. The van der Waals surface area contributed by atoms with Gasteiger partial charge in [0.25, 0.3) is 0 Å². The van der Waals surface area contributed by atoms with Crippen molar-refractivity contribution in [3.63, 3.8) is 0 Å². The zero-order valence-electron chi connectivity index (χ0n) is 12.3. The lowest BCUT2D eigenvalue weighted by Crippen LogP contribution is -2.39. The van der Waals surface area contributed by atoms with E-state index >= 15 is 0 Å². The number of sulfonamides is 1. The average Bonchev–Trinajstić information content (AvgIpc) is 2.55. The molecule has 9 heteroatoms. The van der Waals surface area contributed by atoms with Crippen molar-refractivity contribution in [3.8, 4) is 5.88 Å². The van der Waals surface area contributed by atoms with E-state index in [0.717, 1.165) is 10.5 Å². The van der Waals surface area contributed by atoms with Crippen LogP contribution in [0.25, 0.3) is 0 Å². The Morgan fingerprint density at radius 3 is 2.71 bits per heavy atom. The van der Waals surface area contributed by atoms with Crippen LogP contribution in [0.15, 0.2) is 36.5 Å². The van der Waals surface area contributed by atoms with Crippen molar-refractivity contribution in [1.82, 2.24) is 4.98 Å². The number of carboxylic acid groups (broad SMARTS) is 1. The van der Waals surface area contributed by atoms with Gasteiger partial charge in [0.05, 0.1) is 17.9 Å². The zero-order valence-corrected chi connectivity index (χ0v) is 13.9. The zero-order chi connectivity index (χ0) is 17.3. The standard InChI is InChI=1S/C15H13ClN2O5S/c16-12-3-1-10(2-4-12)9-24(21,22)18-5-6-23-14-13(18)7-11(8-17-14)15(19)20/h1-4,7-8H,5-6,9H2,(H,19,20). The molecule has 1 N–H and O–H groups in total. The maximum absolute atomic E-state index is 12.7. The summed E-state index contributed by atoms with van der Waals surface area (Å²) in [4.78, 5) is 15.0. The third kappa shape index (κ3) is 3.29. The summed E-state index contributed by atoms with van der Waals surface area (Å²) >= 11 is 5.81. The van der Waals surface area contributed by atoms with Crippen LogP contribution in [0.5, 0.6) is 5.88 Å². The Labute approximate surface area is 143 Å². The molecule has 0 aliphatic carbocycles. The van der Waals surface area contributed by atoms with Gasteiger partial charge in [-0.3, -0.25) is 4.31 Å². The minimum Gasteiger partial charge on any atom is -0.478 e. The molecule has 1 aliphatic rings. The Morgan fingerprint density at radius 2 is 2.04 bits per heavy atom. The van der Waals surface area contributed by atoms with E-state index in [-0.39, 0.29) is 36.0 Å². The number of carboxylic acids is 1. The molecule has 0 saturated heterocycles. The fourth-order valence-electron chi connectivity index (χ4n) is 2.35. The van der Waals surface area contributed by atoms with Crippen LogP contribution in [-0.4, -0.2) is 37.6 Å². The van der Waals surface area contributed by atoms with E-state index < -0.39 is 16.0 Å². The number of ether oxygens (including phenoxy) is 1. The maximum Gasteiger partial charge on any atom is 0.337 e. The molecule has 1 aromatic heterocycles. The van der Waals surface area contributed by atoms with Crippen LogP contribution in [0.2, 0.25) is 5.02 Å². The molecule has 126 valence electrons. The highest BCUT2D eigenvalue weighted by Gasteiger charge is 2.30. The fourth-order valence-corrected chi connectivity index (χ4v) is 4.03. The van der Waals surface area contributed by atoms with E-state index in [1.54, 1.807) is 24.3 Å². The van der Waals surface area contributed by atoms with Crippen molar-refractivity contribution >= 4 is 33.3 Å². The summed E-state index contributed by atoms with van der Waals surface area (Å²) in [5.74, 6) is -1.32. The van der Waals surface area contributed by atoms with Gasteiger partial charge < -0.3 is 9.84 Å². The molecule has 0 bridgehead atoms. The molecule has 0 radical (unpaired) electrons. The first kappa shape index (κ1) is 16.5. The van der Waals surface area contributed by atoms with Crippen LogP contribution in [-0.2, 0) is 15.8 Å². The molecule has 0 spiro atoms. The number of aromatic nitrogens is 1. The van der Waals surface area contributed by atoms with Crippen LogP contribution in [0, 0.1) is 0 Å². The van der Waals surface area contributed by atoms with Gasteiger partial charge in [-0.25, -0.2) is 18.2 Å². The molecule has 3 rings (SSSR count). The van der Waals surface area contributed by atoms with E-state index in [0.29, 0.717) is 10.6 Å². The molecule has 1 aromatic carbocycles. The fraction of sp³-hybridized carbons (Fsp3) is 0.200. The van der Waals surface area contributed by atoms with Crippen molar-refractivity contribution in [3.05, 3.63) is 52.7 Å². The van der Waals surface area contributed by atoms with E-state index in [9.17, 15) is 13.2 Å². The van der Waals surface area contributed by atoms with Gasteiger partial charge in [0.15, 0.2) is 0 Å². The first-order chi connectivity index (χ1) is 11.4. The third-order valence-corrected chi connectivity index (χ3v) is 5.48. The smallest absolute Gasteiger partial charge is 0.337 e. The SMILES string of the molecule is O=C(O)c1cnc2c(c1)N(S(=O)(=O)Cc1ccc(Cl)cc1)CCO2. The van der Waals surface area contributed by atoms with Crippen molar-refractivity contribution < 1.29 is 23.1 Å². The number of rotatable bonds is 4. The number of aromatic carboxylic acids is 1. The van der Waals surface area contributed by atoms with Gasteiger partial charge in [-0.15, -0.1) is 0 Å². The molecule has 0 unspecified atom stereocenters. The summed E-state index contributed by atoms with van der Waals surface area (Å²) < 4.78 is 32.0. The average molecular weight is 369 g/mol. The van der Waals surface area contributed by atoms with E-state index in [1.807, 2.05) is 0 Å². The van der Waals surface area contributed by atoms with Gasteiger partial charge in [0.2, 0.25) is 15.9 Å². The predicted molar refractivity (Wildman–Crippen MR) is 88.1 cm³/mol. The Kier molecular flexibility index (Phi) is 4.33. The number of halogens is 1. The number of anilines is 1. The number of carbonyl (C=O) groups is 1. The predicted octanol–water partition coefficient (Wildman–Crippen LogP) is 2.16. The van der Waals surface area contributed by atoms with Gasteiger partial charge in [-0.1, -0.05) is 23.7 Å². The summed E-state index contributed by atoms with van der Waals surface area (Å²) in [7, 11) is -3.73. The minimum atomic E-state index is -3.73. The number of fused-ring (bicyclic) bond motifs is 1. The molecule has 24 heavy (non-hydrogen) atoms. The van der Waals surface area contributed by atoms with Gasteiger partial charge in [0, 0.05) is 11.2 Å². The summed E-state index contributed by atoms with van der Waals surface area (Å²) in [6, 6.07) is 7.75. The highest BCUT2D eigenvalue weighted by Crippen LogP contribution is 2.33. The monoisotopic (exact) mass is 368 g/mol. The van der Waals surface area contributed by atoms with Crippen molar-refractivity contribution in [1.29, 1.82) is 0 Å². The Hall–Kier alpha value is -2.32. The molecule has 7 nitrogen and oxygen atoms in total. The lowest BCUT2D eigenvalue weighted by Gasteiger charge is -2.29. The maximum atomic E-state index is 12.7. The molecule has 0 atom stereocenters. The molecule has 0 fully saturated rings. The molecule has 2 aromatic rings. The highest BCUT2D eigenvalue weighted by atomic mass is 35.5. The number of benzene rings is 1. The quantitative estimate of drug-likeness (QED) is 0.888. The topological polar surface area (TPSA) is 96.8 Å². The Balaban J connectivity index is 1.96. The van der Waals surface area contributed by atoms with Crippen LogP contribution < -0.4 is 9.04 Å². The number of hydrogen-bond donors (Lipinski definition) is 1. The number of pyridine rings is 1. The van der Waals surface area contributed by atoms with Crippen LogP contribution in [0.3, 0.4) is 0 Å². The lowest BCUT2D eigenvalue weighted by atomic mass is 10.2. The summed E-state index contributed by atoms with van der Waals surface area (Å²) in [5.41, 5.74) is 0.607. The number of hydrogen-bond acceptors (Lipinski definition) is 5. The first-order valence-corrected chi connectivity index (χ1v) is 8.96. The van der Waals surface area contributed by atoms with Crippen LogP contribution >= 0.6 is 11.6 Å². The van der Waals surface area contributed by atoms with E-state index in [4.69, 9.17) is 21.4 Å². The molecule has 2 heterocycles. The van der Waals surface area contributed by atoms with Crippen LogP contribution in [0.1, 0.15) is 15.9 Å². The van der Waals surface area contributed by atoms with Crippen LogP contribution in [0.4, 0.5) is 5.69 Å². The van der Waals surface area contributed by atoms with Crippen molar-refractivity contribution in [2.75, 3.05) is 17.5 Å². The molecular formula is C15H13ClN2O5S. The molecule has 1 aliphatic heterocycles. The Morgan fingerprint density at radius 1 is 1.33 bits per heavy atom. The normalized spacial score (nSPS) is 14.0. The molecule has 0 saturated carbocycles. The minimum absolute atomic E-state index is 0.0909.